The summed E-state index contributed by atoms with van der Waals surface area (Å²) < 4.78 is 74.8. The van der Waals surface area contributed by atoms with Gasteiger partial charge >= 0.3 is 0 Å². The zero-order valence-corrected chi connectivity index (χ0v) is 34.5. The molecule has 4 N–H and O–H groups in total. The molecule has 1 unspecified atom stereocenters. The standard InChI is InChI=1S/C21H22N4O5S.C21H20N4O4S.2CH4/c26-21-15-3-1-4-18-19(15)20(23-24-21)16-13-14(5-6-17(16)30-18)31(27,28)22-7-2-8-25-9-11-29-12-10-25;26-21-14-2-1-3-18-19(14)20(22-23-21)15-10-13(4-5-17(15)29-18)30(27,28)24-16-11-25-8-6-12(16)7-9-25;;/h1,3-6,13,22H,2,7-12H2,(H,24,26);1-5,10,12,16,24H,6-9,11H2,(H,23,26);2*1H4. The minimum Gasteiger partial charge on any atom is -0.456 e. The van der Waals surface area contributed by atoms with Crippen LogP contribution in [-0.4, -0.2) is 112 Å². The lowest BCUT2D eigenvalue weighted by Crippen LogP contribution is -2.57. The predicted molar refractivity (Wildman–Crippen MR) is 240 cm³/mol. The number of piperidine rings is 3. The number of morpholine rings is 1. The number of hydrogen-bond acceptors (Lipinski definition) is 13. The van der Waals surface area contributed by atoms with E-state index in [-0.39, 0.29) is 41.8 Å². The van der Waals surface area contributed by atoms with Crippen molar-refractivity contribution < 1.29 is 31.0 Å². The van der Waals surface area contributed by atoms with E-state index < -0.39 is 20.0 Å². The largest absolute Gasteiger partial charge is 0.456 e. The SMILES string of the molecule is C.C.O=c1[nH]nc2c3c(cccc13)Oc1ccc(S(=O)(=O)NC3CN4CCC3CC4)cc1-2.O=c1[nH]nc2c3c(cccc13)Oc1ccc(S(=O)(=O)NCCCN3CCOCC3)cc1-2. The minimum atomic E-state index is -3.70. The van der Waals surface area contributed by atoms with Gasteiger partial charge in [-0.25, -0.2) is 36.5 Å². The highest BCUT2D eigenvalue weighted by Gasteiger charge is 2.37. The van der Waals surface area contributed by atoms with Gasteiger partial charge in [0.15, 0.2) is 0 Å². The van der Waals surface area contributed by atoms with Crippen molar-refractivity contribution in [2.24, 2.45) is 5.92 Å². The summed E-state index contributed by atoms with van der Waals surface area (Å²) in [5, 5.41) is 15.5. The van der Waals surface area contributed by atoms with Crippen LogP contribution in [0.1, 0.15) is 34.1 Å². The smallest absolute Gasteiger partial charge is 0.272 e. The molecular weight excluding hydrogens is 849 g/mol. The molecule has 4 fully saturated rings. The molecule has 17 nitrogen and oxygen atoms in total. The number of H-pyrrole nitrogens is 2. The molecule has 0 amide bonds. The van der Waals surface area contributed by atoms with E-state index in [1.807, 2.05) is 0 Å². The van der Waals surface area contributed by atoms with Gasteiger partial charge in [-0.2, -0.15) is 10.2 Å². The maximum absolute atomic E-state index is 13.2. The van der Waals surface area contributed by atoms with Crippen molar-refractivity contribution in [3.63, 3.8) is 0 Å². The second-order valence-corrected chi connectivity index (χ2v) is 19.2. The first-order valence-electron chi connectivity index (χ1n) is 20.2. The molecule has 4 saturated heterocycles. The van der Waals surface area contributed by atoms with Crippen molar-refractivity contribution in [3.8, 4) is 45.5 Å². The fourth-order valence-electron chi connectivity index (χ4n) is 8.86. The van der Waals surface area contributed by atoms with Crippen molar-refractivity contribution in [3.05, 3.63) is 93.5 Å². The summed E-state index contributed by atoms with van der Waals surface area (Å²) in [6.45, 7) is 7.21. The number of ether oxygens (including phenoxy) is 3. The first-order chi connectivity index (χ1) is 29.5. The Labute approximate surface area is 364 Å². The van der Waals surface area contributed by atoms with Gasteiger partial charge in [-0.15, -0.1) is 0 Å². The fourth-order valence-corrected chi connectivity index (χ4v) is 11.3. The molecule has 0 saturated carbocycles. The molecule has 332 valence electrons. The van der Waals surface area contributed by atoms with Crippen LogP contribution in [0.4, 0.5) is 0 Å². The van der Waals surface area contributed by atoms with Crippen molar-refractivity contribution >= 4 is 41.6 Å². The highest BCUT2D eigenvalue weighted by atomic mass is 32.2. The minimum absolute atomic E-state index is 0. The third-order valence-corrected chi connectivity index (χ3v) is 15.0. The number of benzene rings is 4. The van der Waals surface area contributed by atoms with Gasteiger partial charge in [-0.1, -0.05) is 27.0 Å². The monoisotopic (exact) mass is 898 g/mol. The highest BCUT2D eigenvalue weighted by molar-refractivity contribution is 7.89. The summed E-state index contributed by atoms with van der Waals surface area (Å²) >= 11 is 0. The Bertz CT molecular complexity index is 3050. The lowest BCUT2D eigenvalue weighted by Gasteiger charge is -2.44. The fraction of sp³-hybridized carbons (Fsp3) is 0.364. The van der Waals surface area contributed by atoms with Crippen molar-refractivity contribution in [2.45, 2.75) is 49.9 Å². The van der Waals surface area contributed by atoms with Crippen LogP contribution in [0.3, 0.4) is 0 Å². The highest BCUT2D eigenvalue weighted by Crippen LogP contribution is 2.46. The Hall–Kier alpha value is -5.54. The number of fused-ring (bicyclic) bond motifs is 7. The third-order valence-electron chi connectivity index (χ3n) is 12.0. The predicted octanol–water partition coefficient (Wildman–Crippen LogP) is 5.04. The van der Waals surface area contributed by atoms with Crippen LogP contribution in [0.15, 0.2) is 92.2 Å². The molecule has 6 aliphatic rings. The summed E-state index contributed by atoms with van der Waals surface area (Å²) in [4.78, 5) is 29.2. The van der Waals surface area contributed by atoms with Crippen LogP contribution < -0.4 is 30.0 Å². The first kappa shape index (κ1) is 44.1. The van der Waals surface area contributed by atoms with Crippen LogP contribution in [0.2, 0.25) is 0 Å². The van der Waals surface area contributed by atoms with Crippen LogP contribution in [0, 0.1) is 5.92 Å². The average Bonchev–Trinajstić information content (AvgIpc) is 3.27. The van der Waals surface area contributed by atoms with Gasteiger partial charge in [0.2, 0.25) is 20.0 Å². The summed E-state index contributed by atoms with van der Waals surface area (Å²) in [5.41, 5.74) is 1.45. The second-order valence-electron chi connectivity index (χ2n) is 15.8. The maximum Gasteiger partial charge on any atom is 0.272 e. The summed E-state index contributed by atoms with van der Waals surface area (Å²) in [6.07, 6.45) is 2.77. The second kappa shape index (κ2) is 17.6. The quantitative estimate of drug-likeness (QED) is 0.140. The number of nitrogens with zero attached hydrogens (tertiary/aromatic N) is 4. The number of rotatable bonds is 9. The molecule has 63 heavy (non-hydrogen) atoms. The van der Waals surface area contributed by atoms with E-state index in [2.05, 4.69) is 39.6 Å². The average molecular weight is 899 g/mol. The number of hydrogen-bond donors (Lipinski definition) is 4. The van der Waals surface area contributed by atoms with E-state index >= 15 is 0 Å². The zero-order valence-electron chi connectivity index (χ0n) is 32.8. The molecule has 0 radical (unpaired) electrons. The molecule has 1 atom stereocenters. The first-order valence-corrected chi connectivity index (χ1v) is 23.2. The van der Waals surface area contributed by atoms with Crippen molar-refractivity contribution in [2.75, 3.05) is 59.0 Å². The Morgan fingerprint density at radius 2 is 1.22 bits per heavy atom. The van der Waals surface area contributed by atoms with Gasteiger partial charge < -0.3 is 19.1 Å². The summed E-state index contributed by atoms with van der Waals surface area (Å²) in [5.74, 6) is 2.45. The summed E-state index contributed by atoms with van der Waals surface area (Å²) in [6, 6.07) is 19.8. The van der Waals surface area contributed by atoms with Gasteiger partial charge in [-0.3, -0.25) is 14.5 Å². The molecule has 4 aromatic carbocycles. The van der Waals surface area contributed by atoms with Crippen molar-refractivity contribution in [1.29, 1.82) is 0 Å². The van der Waals surface area contributed by atoms with E-state index in [0.717, 1.165) is 65.3 Å². The maximum atomic E-state index is 13.2. The number of nitrogens with one attached hydrogen (secondary N) is 4. The molecule has 0 spiro atoms. The Morgan fingerprint density at radius 1 is 0.683 bits per heavy atom. The van der Waals surface area contributed by atoms with Gasteiger partial charge in [0, 0.05) is 43.3 Å². The normalized spacial score (nSPS) is 19.6. The van der Waals surface area contributed by atoms with Gasteiger partial charge in [0.05, 0.1) is 44.5 Å². The van der Waals surface area contributed by atoms with Crippen molar-refractivity contribution in [1.82, 2.24) is 39.6 Å². The van der Waals surface area contributed by atoms with E-state index in [0.29, 0.717) is 85.9 Å². The van der Waals surface area contributed by atoms with Crippen LogP contribution in [0.5, 0.6) is 23.0 Å². The molecule has 12 rings (SSSR count). The van der Waals surface area contributed by atoms with Gasteiger partial charge in [0.1, 0.15) is 34.4 Å². The molecule has 8 heterocycles. The molecule has 6 aliphatic heterocycles. The molecule has 0 aliphatic carbocycles. The number of aromatic nitrogens is 4. The van der Waals surface area contributed by atoms with E-state index in [4.69, 9.17) is 14.2 Å². The topological polar surface area (TPSA) is 218 Å². The molecule has 19 heteroatoms. The van der Waals surface area contributed by atoms with Gasteiger partial charge in [-0.05, 0) is 105 Å². The molecular formula is C44H50N8O9S2. The molecule has 2 aromatic heterocycles. The number of aromatic amines is 2. The van der Waals surface area contributed by atoms with Crippen LogP contribution >= 0.6 is 0 Å². The van der Waals surface area contributed by atoms with E-state index in [9.17, 15) is 26.4 Å². The Balaban J connectivity index is 0.000000168. The summed E-state index contributed by atoms with van der Waals surface area (Å²) in [7, 11) is -7.40. The van der Waals surface area contributed by atoms with Crippen LogP contribution in [0.25, 0.3) is 44.1 Å². The van der Waals surface area contributed by atoms with Crippen LogP contribution in [-0.2, 0) is 24.8 Å². The van der Waals surface area contributed by atoms with Gasteiger partial charge in [0.25, 0.3) is 11.1 Å². The number of sulfonamides is 2. The Morgan fingerprint density at radius 3 is 1.75 bits per heavy atom. The molecule has 2 bridgehead atoms. The molecule has 6 aromatic rings. The Kier molecular flexibility index (Phi) is 12.3. The van der Waals surface area contributed by atoms with E-state index in [1.54, 1.807) is 60.7 Å². The zero-order chi connectivity index (χ0) is 41.9. The lowest BCUT2D eigenvalue weighted by molar-refractivity contribution is 0.0376. The van der Waals surface area contributed by atoms with E-state index in [1.165, 1.54) is 12.1 Å². The lowest BCUT2D eigenvalue weighted by atomic mass is 9.85. The third kappa shape index (κ3) is 8.37.